The number of aromatic nitrogens is 4. The molecule has 0 bridgehead atoms. The van der Waals surface area contributed by atoms with Gasteiger partial charge in [-0.1, -0.05) is 11.8 Å². The summed E-state index contributed by atoms with van der Waals surface area (Å²) in [6.07, 6.45) is 0.306. The van der Waals surface area contributed by atoms with Crippen LogP contribution in [0.4, 0.5) is 8.78 Å². The smallest absolute Gasteiger partial charge is 0.253 e. The summed E-state index contributed by atoms with van der Waals surface area (Å²) < 4.78 is 33.5. The van der Waals surface area contributed by atoms with Crippen molar-refractivity contribution in [2.75, 3.05) is 32.1 Å². The van der Waals surface area contributed by atoms with Crippen LogP contribution in [0, 0.1) is 0 Å². The molecule has 2 aliphatic rings. The molecule has 1 aliphatic carbocycles. The topological polar surface area (TPSA) is 56.1 Å². The van der Waals surface area contributed by atoms with E-state index in [-0.39, 0.29) is 0 Å². The third-order valence-corrected chi connectivity index (χ3v) is 4.77. The molecule has 3 rings (SSSR count). The predicted octanol–water partition coefficient (Wildman–Crippen LogP) is 1.46. The molecule has 1 saturated heterocycles. The third-order valence-electron chi connectivity index (χ3n) is 3.81. The molecule has 1 aliphatic heterocycles. The van der Waals surface area contributed by atoms with Crippen molar-refractivity contribution in [3.63, 3.8) is 0 Å². The molecular formula is C12H19F2N5OS. The first-order chi connectivity index (χ1) is 10.3. The van der Waals surface area contributed by atoms with E-state index in [0.29, 0.717) is 44.5 Å². The number of hydrogen-bond donors (Lipinski definition) is 0. The van der Waals surface area contributed by atoms with Gasteiger partial charge in [-0.3, -0.25) is 4.90 Å². The second kappa shape index (κ2) is 6.97. The normalized spacial score (nSPS) is 21.9. The molecule has 1 aromatic heterocycles. The Kier molecular flexibility index (Phi) is 5.02. The number of ether oxygens (including phenoxy) is 1. The maximum Gasteiger partial charge on any atom is 0.253 e. The maximum absolute atomic E-state index is 13.2. The monoisotopic (exact) mass is 319 g/mol. The summed E-state index contributed by atoms with van der Waals surface area (Å²) in [4.78, 5) is 1.83. The van der Waals surface area contributed by atoms with Gasteiger partial charge < -0.3 is 4.74 Å². The Bertz CT molecular complexity index is 451. The van der Waals surface area contributed by atoms with E-state index in [1.165, 1.54) is 11.8 Å². The summed E-state index contributed by atoms with van der Waals surface area (Å²) in [5, 5.41) is 12.4. The van der Waals surface area contributed by atoms with Gasteiger partial charge >= 0.3 is 0 Å². The Morgan fingerprint density at radius 2 is 2.05 bits per heavy atom. The zero-order valence-corrected chi connectivity index (χ0v) is 12.5. The molecule has 118 valence electrons. The summed E-state index contributed by atoms with van der Waals surface area (Å²) in [5.74, 6) is 0.597. The molecule has 2 fully saturated rings. The lowest BCUT2D eigenvalue weighted by atomic mass is 10.2. The molecule has 0 radical (unpaired) electrons. The fraction of sp³-hybridized carbons (Fsp3) is 0.917. The molecule has 1 unspecified atom stereocenters. The highest BCUT2D eigenvalue weighted by Crippen LogP contribution is 2.36. The van der Waals surface area contributed by atoms with Crippen molar-refractivity contribution in [3.05, 3.63) is 0 Å². The summed E-state index contributed by atoms with van der Waals surface area (Å²) in [6.45, 7) is 2.24. The predicted molar refractivity (Wildman–Crippen MR) is 73.6 cm³/mol. The second-order valence-electron chi connectivity index (χ2n) is 5.32. The van der Waals surface area contributed by atoms with Crippen molar-refractivity contribution in [1.82, 2.24) is 25.1 Å². The summed E-state index contributed by atoms with van der Waals surface area (Å²) in [6, 6.07) is -0.292. The van der Waals surface area contributed by atoms with Crippen molar-refractivity contribution in [3.8, 4) is 0 Å². The number of rotatable bonds is 7. The first-order valence-corrected chi connectivity index (χ1v) is 8.25. The van der Waals surface area contributed by atoms with Gasteiger partial charge in [0.05, 0.1) is 25.3 Å². The van der Waals surface area contributed by atoms with Crippen molar-refractivity contribution < 1.29 is 13.5 Å². The minimum Gasteiger partial charge on any atom is -0.379 e. The number of tetrazole rings is 1. The Morgan fingerprint density at radius 1 is 1.29 bits per heavy atom. The molecule has 2 heterocycles. The van der Waals surface area contributed by atoms with E-state index in [2.05, 4.69) is 15.5 Å². The zero-order chi connectivity index (χ0) is 14.7. The van der Waals surface area contributed by atoms with Crippen LogP contribution in [0.3, 0.4) is 0 Å². The molecule has 21 heavy (non-hydrogen) atoms. The van der Waals surface area contributed by atoms with Crippen LogP contribution < -0.4 is 0 Å². The molecular weight excluding hydrogens is 300 g/mol. The van der Waals surface area contributed by atoms with Gasteiger partial charge in [0.15, 0.2) is 0 Å². The van der Waals surface area contributed by atoms with Gasteiger partial charge in [-0.2, -0.15) is 0 Å². The highest BCUT2D eigenvalue weighted by Gasteiger charge is 2.30. The molecule has 0 N–H and O–H groups in total. The summed E-state index contributed by atoms with van der Waals surface area (Å²) in [5.41, 5.74) is 0. The summed E-state index contributed by atoms with van der Waals surface area (Å²) >= 11 is 1.47. The number of halogens is 2. The molecule has 0 spiro atoms. The van der Waals surface area contributed by atoms with E-state index < -0.39 is 12.5 Å². The van der Waals surface area contributed by atoms with Crippen LogP contribution in [0.1, 0.15) is 25.3 Å². The maximum atomic E-state index is 13.2. The average Bonchev–Trinajstić information content (AvgIpc) is 3.23. The molecule has 0 aromatic carbocycles. The second-order valence-corrected chi connectivity index (χ2v) is 6.39. The third kappa shape index (κ3) is 3.89. The standard InChI is InChI=1S/C12H19F2N5OS/c13-11(14)10(18-4-6-20-7-5-18)3-8-21-12-15-16-17-19(12)9-1-2-9/h9-11H,1-8H2. The largest absolute Gasteiger partial charge is 0.379 e. The van der Waals surface area contributed by atoms with Crippen molar-refractivity contribution in [1.29, 1.82) is 0 Å². The molecule has 0 amide bonds. The number of thioether (sulfide) groups is 1. The van der Waals surface area contributed by atoms with Crippen molar-refractivity contribution in [2.45, 2.75) is 42.9 Å². The first-order valence-electron chi connectivity index (χ1n) is 7.26. The van der Waals surface area contributed by atoms with Gasteiger partial charge in [0, 0.05) is 18.8 Å². The van der Waals surface area contributed by atoms with Crippen LogP contribution in [-0.4, -0.2) is 69.6 Å². The Morgan fingerprint density at radius 3 is 2.71 bits per heavy atom. The van der Waals surface area contributed by atoms with Gasteiger partial charge in [0.2, 0.25) is 5.16 Å². The minimum atomic E-state index is -2.33. The average molecular weight is 319 g/mol. The number of nitrogens with zero attached hydrogens (tertiary/aromatic N) is 5. The lowest BCUT2D eigenvalue weighted by Crippen LogP contribution is -2.47. The molecule has 6 nitrogen and oxygen atoms in total. The van der Waals surface area contributed by atoms with Gasteiger partial charge in [0.1, 0.15) is 0 Å². The summed E-state index contributed by atoms with van der Waals surface area (Å²) in [7, 11) is 0. The quantitative estimate of drug-likeness (QED) is 0.709. The van der Waals surface area contributed by atoms with Gasteiger partial charge in [0.25, 0.3) is 6.43 Å². The Balaban J connectivity index is 1.50. The van der Waals surface area contributed by atoms with Crippen LogP contribution in [0.5, 0.6) is 0 Å². The Labute approximate surface area is 126 Å². The van der Waals surface area contributed by atoms with E-state index in [0.717, 1.165) is 18.0 Å². The molecule has 1 saturated carbocycles. The molecule has 9 heteroatoms. The van der Waals surface area contributed by atoms with Crippen LogP contribution in [0.15, 0.2) is 5.16 Å². The lowest BCUT2D eigenvalue weighted by molar-refractivity contribution is -0.0340. The van der Waals surface area contributed by atoms with Crippen LogP contribution in [-0.2, 0) is 4.74 Å². The number of hydrogen-bond acceptors (Lipinski definition) is 6. The Hall–Kier alpha value is -0.800. The van der Waals surface area contributed by atoms with E-state index in [1.807, 2.05) is 9.58 Å². The van der Waals surface area contributed by atoms with Gasteiger partial charge in [-0.05, 0) is 29.7 Å². The first kappa shape index (κ1) is 15.1. The molecule has 1 atom stereocenters. The fourth-order valence-corrected chi connectivity index (χ4v) is 3.43. The van der Waals surface area contributed by atoms with Crippen molar-refractivity contribution >= 4 is 11.8 Å². The SMILES string of the molecule is FC(F)C(CCSc1nnnn1C1CC1)N1CCOCC1. The fourth-order valence-electron chi connectivity index (χ4n) is 2.48. The number of morpholine rings is 1. The zero-order valence-electron chi connectivity index (χ0n) is 11.7. The van der Waals surface area contributed by atoms with E-state index >= 15 is 0 Å². The van der Waals surface area contributed by atoms with Crippen LogP contribution >= 0.6 is 11.8 Å². The van der Waals surface area contributed by atoms with Crippen LogP contribution in [0.25, 0.3) is 0 Å². The van der Waals surface area contributed by atoms with Gasteiger partial charge in [-0.25, -0.2) is 13.5 Å². The lowest BCUT2D eigenvalue weighted by Gasteiger charge is -2.33. The minimum absolute atomic E-state index is 0.410. The number of alkyl halides is 2. The molecule has 1 aromatic rings. The van der Waals surface area contributed by atoms with E-state index in [9.17, 15) is 8.78 Å². The van der Waals surface area contributed by atoms with Crippen molar-refractivity contribution in [2.24, 2.45) is 0 Å². The van der Waals surface area contributed by atoms with E-state index in [4.69, 9.17) is 4.74 Å². The van der Waals surface area contributed by atoms with Crippen LogP contribution in [0.2, 0.25) is 0 Å². The van der Waals surface area contributed by atoms with Gasteiger partial charge in [-0.15, -0.1) is 5.10 Å². The highest BCUT2D eigenvalue weighted by molar-refractivity contribution is 7.99. The van der Waals surface area contributed by atoms with E-state index in [1.54, 1.807) is 0 Å². The highest BCUT2D eigenvalue weighted by atomic mass is 32.2.